The first kappa shape index (κ1) is 26.9. The Morgan fingerprint density at radius 3 is 2.59 bits per heavy atom. The first-order chi connectivity index (χ1) is 17.5. The topological polar surface area (TPSA) is 125 Å². The van der Waals surface area contributed by atoms with Crippen LogP contribution >= 0.6 is 11.6 Å². The molecule has 4 rings (SSSR count). The Kier molecular flexibility index (Phi) is 7.80. The summed E-state index contributed by atoms with van der Waals surface area (Å²) in [4.78, 5) is 4.16. The molecule has 198 valence electrons. The molecule has 0 spiro atoms. The van der Waals surface area contributed by atoms with Crippen molar-refractivity contribution in [1.82, 2.24) is 20.2 Å². The van der Waals surface area contributed by atoms with Crippen LogP contribution in [0.25, 0.3) is 5.69 Å². The second kappa shape index (κ2) is 10.7. The summed E-state index contributed by atoms with van der Waals surface area (Å²) in [7, 11) is 0. The van der Waals surface area contributed by atoms with Gasteiger partial charge in [-0.1, -0.05) is 29.8 Å². The highest BCUT2D eigenvalue weighted by Gasteiger charge is 2.47. The van der Waals surface area contributed by atoms with Crippen molar-refractivity contribution >= 4 is 17.8 Å². The molecule has 1 aromatic heterocycles. The zero-order chi connectivity index (χ0) is 26.9. The van der Waals surface area contributed by atoms with Crippen molar-refractivity contribution in [3.05, 3.63) is 76.1 Å². The number of hydrogen-bond acceptors (Lipinski definition) is 8. The van der Waals surface area contributed by atoms with Crippen LogP contribution in [0.1, 0.15) is 28.9 Å². The van der Waals surface area contributed by atoms with E-state index in [0.717, 1.165) is 29.1 Å². The van der Waals surface area contributed by atoms with E-state index in [1.165, 1.54) is 25.1 Å². The van der Waals surface area contributed by atoms with Crippen molar-refractivity contribution < 1.29 is 37.6 Å². The lowest BCUT2D eigenvalue weighted by atomic mass is 9.92. The summed E-state index contributed by atoms with van der Waals surface area (Å²) in [5, 5.41) is 39.4. The van der Waals surface area contributed by atoms with Crippen molar-refractivity contribution in [3.8, 4) is 5.69 Å². The van der Waals surface area contributed by atoms with Gasteiger partial charge in [-0.15, -0.1) is 0 Å². The van der Waals surface area contributed by atoms with E-state index in [2.05, 4.69) is 20.6 Å². The predicted molar refractivity (Wildman–Crippen MR) is 124 cm³/mol. The highest BCUT2D eigenvalue weighted by molar-refractivity contribution is 6.30. The largest absolute Gasteiger partial charge is 0.418 e. The number of hydrazone groups is 1. The number of aliphatic hydroxyl groups is 3. The molecule has 2 aromatic carbocycles. The van der Waals surface area contributed by atoms with Crippen molar-refractivity contribution in [2.75, 3.05) is 6.61 Å². The van der Waals surface area contributed by atoms with E-state index in [0.29, 0.717) is 0 Å². The standard InChI is InChI=1S/C23H22ClF4N5O4/c1-11-30-22(33(32-11)16-8-13(24)6-7-14(16)23(26,27)28)21-20(36)18(19(35)17(10-34)37-21)31-29-9-12-4-2-3-5-15(12)25/h2-9,17-21,31,34-36H,10H2,1H3/t17-,18+,19+,20-,21-/m1/s1. The minimum absolute atomic E-state index is 0.00195. The summed E-state index contributed by atoms with van der Waals surface area (Å²) in [5.74, 6) is -0.724. The number of nitrogens with zero attached hydrogens (tertiary/aromatic N) is 4. The molecule has 0 aliphatic carbocycles. The second-order valence-corrected chi connectivity index (χ2v) is 8.72. The highest BCUT2D eigenvalue weighted by atomic mass is 35.5. The summed E-state index contributed by atoms with van der Waals surface area (Å²) in [5.41, 5.74) is 1.13. The van der Waals surface area contributed by atoms with E-state index in [1.54, 1.807) is 6.07 Å². The third kappa shape index (κ3) is 5.60. The van der Waals surface area contributed by atoms with E-state index in [1.807, 2.05) is 0 Å². The molecule has 3 aromatic rings. The second-order valence-electron chi connectivity index (χ2n) is 8.28. The number of aliphatic hydroxyl groups excluding tert-OH is 3. The van der Waals surface area contributed by atoms with Crippen LogP contribution in [0.4, 0.5) is 17.6 Å². The summed E-state index contributed by atoms with van der Waals surface area (Å²) < 4.78 is 61.7. The Bertz CT molecular complexity index is 1290. The van der Waals surface area contributed by atoms with E-state index in [9.17, 15) is 32.9 Å². The Morgan fingerprint density at radius 1 is 1.19 bits per heavy atom. The number of ether oxygens (including phenoxy) is 1. The minimum Gasteiger partial charge on any atom is -0.394 e. The van der Waals surface area contributed by atoms with Gasteiger partial charge in [0, 0.05) is 10.6 Å². The molecular weight excluding hydrogens is 522 g/mol. The highest BCUT2D eigenvalue weighted by Crippen LogP contribution is 2.38. The number of nitrogens with one attached hydrogen (secondary N) is 1. The maximum Gasteiger partial charge on any atom is 0.418 e. The average Bonchev–Trinajstić information content (AvgIpc) is 3.23. The van der Waals surface area contributed by atoms with Crippen molar-refractivity contribution in [3.63, 3.8) is 0 Å². The van der Waals surface area contributed by atoms with Crippen molar-refractivity contribution in [2.45, 2.75) is 43.6 Å². The molecule has 9 nitrogen and oxygen atoms in total. The third-order valence-electron chi connectivity index (χ3n) is 5.75. The monoisotopic (exact) mass is 543 g/mol. The molecule has 1 fully saturated rings. The lowest BCUT2D eigenvalue weighted by Gasteiger charge is -2.41. The Morgan fingerprint density at radius 2 is 1.92 bits per heavy atom. The molecule has 1 aliphatic rings. The van der Waals surface area contributed by atoms with E-state index in [-0.39, 0.29) is 22.2 Å². The zero-order valence-corrected chi connectivity index (χ0v) is 19.9. The number of rotatable bonds is 6. The molecule has 5 atom stereocenters. The molecule has 0 radical (unpaired) electrons. The van der Waals surface area contributed by atoms with Crippen LogP contribution in [-0.2, 0) is 10.9 Å². The SMILES string of the molecule is Cc1nc([C@@H]2O[C@H](CO)[C@H](O)[C@H](NN=Cc3ccccc3F)[C@H]2O)n(-c2cc(Cl)ccc2C(F)(F)F)n1. The smallest absolute Gasteiger partial charge is 0.394 e. The van der Waals surface area contributed by atoms with Crippen molar-refractivity contribution in [1.29, 1.82) is 0 Å². The van der Waals surface area contributed by atoms with Gasteiger partial charge in [-0.2, -0.15) is 23.4 Å². The van der Waals surface area contributed by atoms with Gasteiger partial charge >= 0.3 is 6.18 Å². The van der Waals surface area contributed by atoms with Crippen LogP contribution in [0, 0.1) is 12.7 Å². The fourth-order valence-electron chi connectivity index (χ4n) is 3.97. The van der Waals surface area contributed by atoms with Gasteiger partial charge < -0.3 is 25.5 Å². The summed E-state index contributed by atoms with van der Waals surface area (Å²) in [6.45, 7) is 0.734. The minimum atomic E-state index is -4.77. The summed E-state index contributed by atoms with van der Waals surface area (Å²) in [6, 6.07) is 7.37. The Labute approximate surface area is 213 Å². The lowest BCUT2D eigenvalue weighted by Crippen LogP contribution is -2.60. The Hall–Kier alpha value is -3.10. The van der Waals surface area contributed by atoms with Crippen LogP contribution in [0.15, 0.2) is 47.6 Å². The molecule has 37 heavy (non-hydrogen) atoms. The first-order valence-electron chi connectivity index (χ1n) is 11.0. The van der Waals surface area contributed by atoms with Gasteiger partial charge in [-0.3, -0.25) is 0 Å². The van der Waals surface area contributed by atoms with Gasteiger partial charge in [0.1, 0.15) is 42.1 Å². The third-order valence-corrected chi connectivity index (χ3v) is 5.98. The van der Waals surface area contributed by atoms with Crippen LogP contribution in [0.2, 0.25) is 5.02 Å². The molecule has 14 heteroatoms. The predicted octanol–water partition coefficient (Wildman–Crippen LogP) is 2.53. The zero-order valence-electron chi connectivity index (χ0n) is 19.1. The molecule has 1 aliphatic heterocycles. The van der Waals surface area contributed by atoms with Crippen LogP contribution in [0.3, 0.4) is 0 Å². The summed E-state index contributed by atoms with van der Waals surface area (Å²) >= 11 is 5.97. The van der Waals surface area contributed by atoms with E-state index >= 15 is 0 Å². The van der Waals surface area contributed by atoms with Gasteiger partial charge in [0.15, 0.2) is 5.82 Å². The van der Waals surface area contributed by atoms with Crippen molar-refractivity contribution in [2.24, 2.45) is 5.10 Å². The van der Waals surface area contributed by atoms with E-state index in [4.69, 9.17) is 16.3 Å². The number of aryl methyl sites for hydroxylation is 1. The van der Waals surface area contributed by atoms with Gasteiger partial charge in [0.25, 0.3) is 0 Å². The van der Waals surface area contributed by atoms with E-state index < -0.39 is 60.3 Å². The van der Waals surface area contributed by atoms with Gasteiger partial charge in [0.05, 0.1) is 24.1 Å². The van der Waals surface area contributed by atoms with Gasteiger partial charge in [0.2, 0.25) is 0 Å². The quantitative estimate of drug-likeness (QED) is 0.214. The maximum absolute atomic E-state index is 13.9. The average molecular weight is 544 g/mol. The fourth-order valence-corrected chi connectivity index (χ4v) is 4.14. The number of alkyl halides is 3. The van der Waals surface area contributed by atoms with Gasteiger partial charge in [-0.25, -0.2) is 14.1 Å². The molecular formula is C23H22ClF4N5O4. The van der Waals surface area contributed by atoms with Crippen LogP contribution < -0.4 is 5.43 Å². The molecule has 0 amide bonds. The Balaban J connectivity index is 1.72. The molecule has 0 unspecified atom stereocenters. The van der Waals surface area contributed by atoms with Gasteiger partial charge in [-0.05, 0) is 31.2 Å². The maximum atomic E-state index is 13.9. The number of aromatic nitrogens is 3. The number of benzene rings is 2. The molecule has 0 bridgehead atoms. The lowest BCUT2D eigenvalue weighted by molar-refractivity contribution is -0.199. The molecule has 4 N–H and O–H groups in total. The first-order valence-corrected chi connectivity index (χ1v) is 11.3. The normalized spacial score (nSPS) is 24.5. The molecule has 0 saturated carbocycles. The molecule has 2 heterocycles. The van der Waals surface area contributed by atoms with Crippen LogP contribution in [-0.4, -0.2) is 67.3 Å². The number of hydrogen-bond donors (Lipinski definition) is 4. The fraction of sp³-hybridized carbons (Fsp3) is 0.348. The number of halogens is 5. The summed E-state index contributed by atoms with van der Waals surface area (Å²) in [6.07, 6.45) is -9.50. The molecule has 1 saturated heterocycles. The van der Waals surface area contributed by atoms with Crippen LogP contribution in [0.5, 0.6) is 0 Å².